The highest BCUT2D eigenvalue weighted by atomic mass is 35.5. The Bertz CT molecular complexity index is 1200. The summed E-state index contributed by atoms with van der Waals surface area (Å²) in [5.74, 6) is -0.446. The molecule has 1 amide bonds. The van der Waals surface area contributed by atoms with Crippen molar-refractivity contribution in [2.75, 3.05) is 25.1 Å². The number of carbonyl (C=O) groups is 1. The predicted octanol–water partition coefficient (Wildman–Crippen LogP) is 5.03. The number of halogens is 5. The summed E-state index contributed by atoms with van der Waals surface area (Å²) in [6, 6.07) is 10.9. The largest absolute Gasteiger partial charge is 0.460 e. The van der Waals surface area contributed by atoms with Crippen LogP contribution >= 0.6 is 11.6 Å². The van der Waals surface area contributed by atoms with Gasteiger partial charge in [-0.15, -0.1) is 16.7 Å². The standard InChI is InChI=1S/C23H21ClF4N4O3/c1-2-34-10-11-35-21-30-19(14-6-8-15(9-7-14)23(26,27)28)32(31-21)17-5-3-4-16(12-17)29-20(33)22(24)13-18(22)25/h3-9,12,18H,2,10-11,13H2,1H3,(H,29,33)/t18-,22-/m1/s1. The lowest BCUT2D eigenvalue weighted by Crippen LogP contribution is -2.27. The molecule has 1 N–H and O–H groups in total. The summed E-state index contributed by atoms with van der Waals surface area (Å²) in [6.45, 7) is 2.82. The van der Waals surface area contributed by atoms with Gasteiger partial charge in [-0.2, -0.15) is 18.2 Å². The predicted molar refractivity (Wildman–Crippen MR) is 121 cm³/mol. The van der Waals surface area contributed by atoms with Crippen LogP contribution < -0.4 is 10.1 Å². The first kappa shape index (κ1) is 24.9. The fourth-order valence-corrected chi connectivity index (χ4v) is 3.44. The van der Waals surface area contributed by atoms with Gasteiger partial charge in [0.25, 0.3) is 0 Å². The third kappa shape index (κ3) is 5.57. The summed E-state index contributed by atoms with van der Waals surface area (Å²) >= 11 is 5.95. The van der Waals surface area contributed by atoms with E-state index < -0.39 is 28.7 Å². The van der Waals surface area contributed by atoms with Crippen LogP contribution in [0.3, 0.4) is 0 Å². The molecule has 0 spiro atoms. The SMILES string of the molecule is CCOCCOc1nc(-c2ccc(C(F)(F)F)cc2)n(-c2cccc(NC(=O)[C@@]3(Cl)C[C@H]3F)c2)n1. The van der Waals surface area contributed by atoms with Gasteiger partial charge in [-0.05, 0) is 37.3 Å². The minimum Gasteiger partial charge on any atom is -0.460 e. The van der Waals surface area contributed by atoms with E-state index in [1.54, 1.807) is 24.3 Å². The molecule has 1 aromatic heterocycles. The van der Waals surface area contributed by atoms with Gasteiger partial charge in [0.1, 0.15) is 12.8 Å². The zero-order valence-corrected chi connectivity index (χ0v) is 19.2. The van der Waals surface area contributed by atoms with Crippen LogP contribution in [0, 0.1) is 0 Å². The lowest BCUT2D eigenvalue weighted by Gasteiger charge is -2.11. The van der Waals surface area contributed by atoms with Crippen molar-refractivity contribution in [3.8, 4) is 23.1 Å². The topological polar surface area (TPSA) is 78.3 Å². The molecule has 1 fully saturated rings. The van der Waals surface area contributed by atoms with Crippen molar-refractivity contribution in [1.82, 2.24) is 14.8 Å². The number of rotatable bonds is 9. The Morgan fingerprint density at radius 3 is 2.57 bits per heavy atom. The van der Waals surface area contributed by atoms with Gasteiger partial charge in [-0.1, -0.05) is 18.2 Å². The third-order valence-electron chi connectivity index (χ3n) is 5.26. The molecule has 1 aliphatic rings. The van der Waals surface area contributed by atoms with Gasteiger partial charge in [0.15, 0.2) is 10.7 Å². The van der Waals surface area contributed by atoms with E-state index in [1.165, 1.54) is 16.8 Å². The fraction of sp³-hybridized carbons (Fsp3) is 0.348. The van der Waals surface area contributed by atoms with Crippen molar-refractivity contribution in [2.45, 2.75) is 30.6 Å². The Balaban J connectivity index is 1.65. The highest BCUT2D eigenvalue weighted by molar-refractivity contribution is 6.39. The molecule has 0 bridgehead atoms. The average Bonchev–Trinajstić information content (AvgIpc) is 3.25. The number of nitrogens with one attached hydrogen (secondary N) is 1. The summed E-state index contributed by atoms with van der Waals surface area (Å²) in [7, 11) is 0. The number of anilines is 1. The number of hydrogen-bond donors (Lipinski definition) is 1. The third-order valence-corrected chi connectivity index (χ3v) is 5.82. The van der Waals surface area contributed by atoms with Gasteiger partial charge < -0.3 is 14.8 Å². The molecule has 2 aromatic carbocycles. The second-order valence-corrected chi connectivity index (χ2v) is 8.46. The molecule has 1 aliphatic carbocycles. The molecular weight excluding hydrogens is 492 g/mol. The number of carbonyl (C=O) groups excluding carboxylic acids is 1. The molecular formula is C23H21ClF4N4O3. The second kappa shape index (κ2) is 9.82. The quantitative estimate of drug-likeness (QED) is 0.247. The molecule has 1 saturated carbocycles. The van der Waals surface area contributed by atoms with E-state index in [1.807, 2.05) is 6.92 Å². The molecule has 2 atom stereocenters. The van der Waals surface area contributed by atoms with Crippen molar-refractivity contribution in [2.24, 2.45) is 0 Å². The van der Waals surface area contributed by atoms with Crippen LogP contribution in [-0.4, -0.2) is 51.5 Å². The van der Waals surface area contributed by atoms with E-state index in [-0.39, 0.29) is 24.9 Å². The molecule has 186 valence electrons. The average molecular weight is 513 g/mol. The van der Waals surface area contributed by atoms with Crippen molar-refractivity contribution in [3.63, 3.8) is 0 Å². The molecule has 0 radical (unpaired) electrons. The zero-order valence-electron chi connectivity index (χ0n) is 18.5. The van der Waals surface area contributed by atoms with Gasteiger partial charge in [-0.25, -0.2) is 9.07 Å². The number of amides is 1. The lowest BCUT2D eigenvalue weighted by atomic mass is 10.1. The molecule has 4 rings (SSSR count). The van der Waals surface area contributed by atoms with E-state index in [0.29, 0.717) is 30.2 Å². The first-order valence-corrected chi connectivity index (χ1v) is 11.1. The van der Waals surface area contributed by atoms with Crippen LogP contribution in [0.1, 0.15) is 18.9 Å². The molecule has 0 aliphatic heterocycles. The first-order chi connectivity index (χ1) is 16.6. The number of aromatic nitrogens is 3. The van der Waals surface area contributed by atoms with E-state index in [9.17, 15) is 22.4 Å². The van der Waals surface area contributed by atoms with Crippen LogP contribution in [0.25, 0.3) is 17.1 Å². The summed E-state index contributed by atoms with van der Waals surface area (Å²) < 4.78 is 64.6. The Hall–Kier alpha value is -3.18. The molecule has 35 heavy (non-hydrogen) atoms. The molecule has 7 nitrogen and oxygen atoms in total. The summed E-state index contributed by atoms with van der Waals surface area (Å²) in [5, 5.41) is 6.90. The normalized spacial score (nSPS) is 19.4. The Morgan fingerprint density at radius 2 is 1.94 bits per heavy atom. The maximum absolute atomic E-state index is 13.4. The van der Waals surface area contributed by atoms with Crippen LogP contribution in [0.4, 0.5) is 23.2 Å². The van der Waals surface area contributed by atoms with Gasteiger partial charge in [-0.3, -0.25) is 4.79 Å². The smallest absolute Gasteiger partial charge is 0.416 e. The van der Waals surface area contributed by atoms with Gasteiger partial charge >= 0.3 is 12.2 Å². The van der Waals surface area contributed by atoms with E-state index in [4.69, 9.17) is 21.1 Å². The number of ether oxygens (including phenoxy) is 2. The number of alkyl halides is 5. The van der Waals surface area contributed by atoms with Crippen molar-refractivity contribution >= 4 is 23.2 Å². The molecule has 12 heteroatoms. The van der Waals surface area contributed by atoms with Crippen molar-refractivity contribution in [1.29, 1.82) is 0 Å². The van der Waals surface area contributed by atoms with Crippen LogP contribution in [0.5, 0.6) is 6.01 Å². The fourth-order valence-electron chi connectivity index (χ4n) is 3.25. The number of nitrogens with zero attached hydrogens (tertiary/aromatic N) is 3. The van der Waals surface area contributed by atoms with Gasteiger partial charge in [0.2, 0.25) is 5.91 Å². The maximum atomic E-state index is 13.4. The Morgan fingerprint density at radius 1 is 1.23 bits per heavy atom. The summed E-state index contributed by atoms with van der Waals surface area (Å²) in [6.07, 6.45) is -5.96. The highest BCUT2D eigenvalue weighted by Crippen LogP contribution is 2.46. The van der Waals surface area contributed by atoms with Crippen molar-refractivity contribution < 1.29 is 31.8 Å². The minimum absolute atomic E-state index is 0.00741. The number of benzene rings is 2. The summed E-state index contributed by atoms with van der Waals surface area (Å²) in [4.78, 5) is 15.0. The van der Waals surface area contributed by atoms with E-state index >= 15 is 0 Å². The van der Waals surface area contributed by atoms with E-state index in [2.05, 4.69) is 15.4 Å². The van der Waals surface area contributed by atoms with Crippen LogP contribution in [0.15, 0.2) is 48.5 Å². The van der Waals surface area contributed by atoms with Crippen LogP contribution in [-0.2, 0) is 15.7 Å². The zero-order chi connectivity index (χ0) is 25.2. The second-order valence-electron chi connectivity index (χ2n) is 7.79. The Kier molecular flexibility index (Phi) is 7.00. The molecule has 0 saturated heterocycles. The molecule has 0 unspecified atom stereocenters. The van der Waals surface area contributed by atoms with E-state index in [0.717, 1.165) is 12.1 Å². The van der Waals surface area contributed by atoms with Gasteiger partial charge in [0.05, 0.1) is 17.9 Å². The maximum Gasteiger partial charge on any atom is 0.416 e. The molecule has 1 heterocycles. The summed E-state index contributed by atoms with van der Waals surface area (Å²) in [5.41, 5.74) is 0.324. The number of hydrogen-bond acceptors (Lipinski definition) is 5. The highest BCUT2D eigenvalue weighted by Gasteiger charge is 2.60. The van der Waals surface area contributed by atoms with Gasteiger partial charge in [0, 0.05) is 24.3 Å². The first-order valence-electron chi connectivity index (χ1n) is 10.7. The van der Waals surface area contributed by atoms with Crippen LogP contribution in [0.2, 0.25) is 0 Å². The molecule has 3 aromatic rings. The monoisotopic (exact) mass is 512 g/mol. The lowest BCUT2D eigenvalue weighted by molar-refractivity contribution is -0.137. The Labute approximate surface area is 203 Å². The van der Waals surface area contributed by atoms with Crippen molar-refractivity contribution in [3.05, 3.63) is 54.1 Å². The minimum atomic E-state index is -4.48.